The van der Waals surface area contributed by atoms with Gasteiger partial charge in [0.2, 0.25) is 5.91 Å². The van der Waals surface area contributed by atoms with Gasteiger partial charge in [-0.05, 0) is 26.6 Å². The standard InChI is InChI=1S/C14H31N3O/c1-6-12(7-2)13(17(4)5)11-16-14(18)9-10-15-8-3/h12-13,15H,6-11H2,1-5H3,(H,16,18). The van der Waals surface area contributed by atoms with Crippen LogP contribution in [0.3, 0.4) is 0 Å². The van der Waals surface area contributed by atoms with Gasteiger partial charge in [0.25, 0.3) is 0 Å². The van der Waals surface area contributed by atoms with Gasteiger partial charge in [0.1, 0.15) is 0 Å². The van der Waals surface area contributed by atoms with Crippen LogP contribution in [0.2, 0.25) is 0 Å². The molecule has 0 fully saturated rings. The molecule has 0 spiro atoms. The van der Waals surface area contributed by atoms with Crippen LogP contribution >= 0.6 is 0 Å². The predicted molar refractivity (Wildman–Crippen MR) is 77.7 cm³/mol. The first-order valence-corrected chi connectivity index (χ1v) is 7.20. The van der Waals surface area contributed by atoms with Crippen LogP contribution in [0.5, 0.6) is 0 Å². The van der Waals surface area contributed by atoms with Crippen LogP contribution in [0.25, 0.3) is 0 Å². The van der Waals surface area contributed by atoms with Crippen molar-refractivity contribution < 1.29 is 4.79 Å². The van der Waals surface area contributed by atoms with Crippen molar-refractivity contribution in [3.8, 4) is 0 Å². The SMILES string of the molecule is CCNCCC(=O)NCC(C(CC)CC)N(C)C. The third-order valence-corrected chi connectivity index (χ3v) is 3.54. The highest BCUT2D eigenvalue weighted by Gasteiger charge is 2.20. The maximum absolute atomic E-state index is 11.7. The van der Waals surface area contributed by atoms with Crippen molar-refractivity contribution >= 4 is 5.91 Å². The first kappa shape index (κ1) is 17.4. The van der Waals surface area contributed by atoms with Gasteiger partial charge in [-0.1, -0.05) is 33.6 Å². The zero-order chi connectivity index (χ0) is 14.0. The molecule has 0 radical (unpaired) electrons. The van der Waals surface area contributed by atoms with E-state index in [0.29, 0.717) is 18.4 Å². The van der Waals surface area contributed by atoms with E-state index in [4.69, 9.17) is 0 Å². The van der Waals surface area contributed by atoms with Gasteiger partial charge in [-0.25, -0.2) is 0 Å². The summed E-state index contributed by atoms with van der Waals surface area (Å²) in [5, 5.41) is 6.21. The van der Waals surface area contributed by atoms with E-state index in [0.717, 1.165) is 32.5 Å². The molecular weight excluding hydrogens is 226 g/mol. The molecule has 0 saturated carbocycles. The molecule has 2 N–H and O–H groups in total. The van der Waals surface area contributed by atoms with E-state index in [9.17, 15) is 4.79 Å². The monoisotopic (exact) mass is 257 g/mol. The molecule has 1 unspecified atom stereocenters. The Balaban J connectivity index is 4.07. The van der Waals surface area contributed by atoms with Crippen molar-refractivity contribution in [1.82, 2.24) is 15.5 Å². The number of likely N-dealkylation sites (N-methyl/N-ethyl adjacent to an activating group) is 1. The van der Waals surface area contributed by atoms with Gasteiger partial charge in [0.15, 0.2) is 0 Å². The van der Waals surface area contributed by atoms with E-state index in [1.54, 1.807) is 0 Å². The largest absolute Gasteiger partial charge is 0.354 e. The van der Waals surface area contributed by atoms with Crippen molar-refractivity contribution in [2.24, 2.45) is 5.92 Å². The van der Waals surface area contributed by atoms with E-state index in [1.807, 2.05) is 6.92 Å². The summed E-state index contributed by atoms with van der Waals surface area (Å²) in [6.45, 7) is 8.92. The van der Waals surface area contributed by atoms with Crippen molar-refractivity contribution in [1.29, 1.82) is 0 Å². The number of amides is 1. The van der Waals surface area contributed by atoms with Crippen molar-refractivity contribution in [2.45, 2.75) is 46.1 Å². The molecule has 0 saturated heterocycles. The molecule has 4 nitrogen and oxygen atoms in total. The first-order valence-electron chi connectivity index (χ1n) is 7.20. The Hall–Kier alpha value is -0.610. The topological polar surface area (TPSA) is 44.4 Å². The van der Waals surface area contributed by atoms with E-state index in [-0.39, 0.29) is 5.91 Å². The number of nitrogens with one attached hydrogen (secondary N) is 2. The molecule has 0 aromatic rings. The molecule has 0 aromatic heterocycles. The van der Waals surface area contributed by atoms with Crippen LogP contribution in [-0.4, -0.2) is 50.6 Å². The molecule has 1 atom stereocenters. The number of rotatable bonds is 10. The quantitative estimate of drug-likeness (QED) is 0.583. The molecule has 108 valence electrons. The lowest BCUT2D eigenvalue weighted by molar-refractivity contribution is -0.121. The van der Waals surface area contributed by atoms with Gasteiger partial charge in [0.05, 0.1) is 0 Å². The van der Waals surface area contributed by atoms with E-state index >= 15 is 0 Å². The molecule has 4 heteroatoms. The summed E-state index contributed by atoms with van der Waals surface area (Å²) in [7, 11) is 4.18. The maximum atomic E-state index is 11.7. The Kier molecular flexibility index (Phi) is 9.98. The molecule has 0 heterocycles. The summed E-state index contributed by atoms with van der Waals surface area (Å²) in [6, 6.07) is 0.433. The Labute approximate surface area is 113 Å². The molecule has 0 aliphatic heterocycles. The second kappa shape index (κ2) is 10.3. The van der Waals surface area contributed by atoms with E-state index in [1.165, 1.54) is 0 Å². The van der Waals surface area contributed by atoms with Gasteiger partial charge in [-0.2, -0.15) is 0 Å². The molecule has 0 aliphatic rings. The number of carbonyl (C=O) groups excluding carboxylic acids is 1. The fourth-order valence-electron chi connectivity index (χ4n) is 2.29. The summed E-state index contributed by atoms with van der Waals surface area (Å²) in [4.78, 5) is 13.9. The average Bonchev–Trinajstić information content (AvgIpc) is 2.34. The Bertz CT molecular complexity index is 215. The number of carbonyl (C=O) groups is 1. The summed E-state index contributed by atoms with van der Waals surface area (Å²) >= 11 is 0. The summed E-state index contributed by atoms with van der Waals surface area (Å²) < 4.78 is 0. The lowest BCUT2D eigenvalue weighted by Crippen LogP contribution is -2.45. The minimum Gasteiger partial charge on any atom is -0.354 e. The van der Waals surface area contributed by atoms with Crippen LogP contribution in [0, 0.1) is 5.92 Å². The Morgan fingerprint density at radius 3 is 2.22 bits per heavy atom. The fraction of sp³-hybridized carbons (Fsp3) is 0.929. The van der Waals surface area contributed by atoms with Gasteiger partial charge in [-0.15, -0.1) is 0 Å². The summed E-state index contributed by atoms with van der Waals surface area (Å²) in [5.41, 5.74) is 0. The second-order valence-electron chi connectivity index (χ2n) is 5.02. The minimum atomic E-state index is 0.147. The van der Waals surface area contributed by atoms with Crippen molar-refractivity contribution in [2.75, 3.05) is 33.7 Å². The van der Waals surface area contributed by atoms with Crippen molar-refractivity contribution in [3.63, 3.8) is 0 Å². The van der Waals surface area contributed by atoms with Gasteiger partial charge < -0.3 is 15.5 Å². The van der Waals surface area contributed by atoms with E-state index < -0.39 is 0 Å². The molecule has 0 rings (SSSR count). The number of hydrogen-bond donors (Lipinski definition) is 2. The highest BCUT2D eigenvalue weighted by atomic mass is 16.1. The summed E-state index contributed by atoms with van der Waals surface area (Å²) in [5.74, 6) is 0.794. The highest BCUT2D eigenvalue weighted by molar-refractivity contribution is 5.76. The van der Waals surface area contributed by atoms with Gasteiger partial charge in [-0.3, -0.25) is 4.79 Å². The Morgan fingerprint density at radius 1 is 1.17 bits per heavy atom. The zero-order valence-corrected chi connectivity index (χ0v) is 12.8. The lowest BCUT2D eigenvalue weighted by Gasteiger charge is -2.31. The van der Waals surface area contributed by atoms with Crippen LogP contribution in [0.4, 0.5) is 0 Å². The molecule has 0 aliphatic carbocycles. The predicted octanol–water partition coefficient (Wildman–Crippen LogP) is 1.47. The fourth-order valence-corrected chi connectivity index (χ4v) is 2.29. The van der Waals surface area contributed by atoms with Crippen LogP contribution in [0.1, 0.15) is 40.0 Å². The van der Waals surface area contributed by atoms with Gasteiger partial charge >= 0.3 is 0 Å². The molecule has 1 amide bonds. The second-order valence-corrected chi connectivity index (χ2v) is 5.02. The summed E-state index contributed by atoms with van der Waals surface area (Å²) in [6.07, 6.45) is 2.89. The molecule has 0 aromatic carbocycles. The third kappa shape index (κ3) is 6.97. The highest BCUT2D eigenvalue weighted by Crippen LogP contribution is 2.16. The number of nitrogens with zero attached hydrogens (tertiary/aromatic N) is 1. The first-order chi connectivity index (χ1) is 8.56. The van der Waals surface area contributed by atoms with E-state index in [2.05, 4.69) is 43.5 Å². The molecular formula is C14H31N3O. The molecule has 0 bridgehead atoms. The Morgan fingerprint density at radius 2 is 1.78 bits per heavy atom. The van der Waals surface area contributed by atoms with Crippen molar-refractivity contribution in [3.05, 3.63) is 0 Å². The minimum absolute atomic E-state index is 0.147. The van der Waals surface area contributed by atoms with Crippen LogP contribution in [-0.2, 0) is 4.79 Å². The zero-order valence-electron chi connectivity index (χ0n) is 12.8. The average molecular weight is 257 g/mol. The lowest BCUT2D eigenvalue weighted by atomic mass is 9.93. The maximum Gasteiger partial charge on any atom is 0.221 e. The van der Waals surface area contributed by atoms with Crippen LogP contribution in [0.15, 0.2) is 0 Å². The van der Waals surface area contributed by atoms with Crippen LogP contribution < -0.4 is 10.6 Å². The molecule has 18 heavy (non-hydrogen) atoms. The normalized spacial score (nSPS) is 13.1. The third-order valence-electron chi connectivity index (χ3n) is 3.54. The number of hydrogen-bond acceptors (Lipinski definition) is 3. The smallest absolute Gasteiger partial charge is 0.221 e. The van der Waals surface area contributed by atoms with Gasteiger partial charge in [0, 0.05) is 25.6 Å².